The Bertz CT molecular complexity index is 623. The fourth-order valence-electron chi connectivity index (χ4n) is 1.99. The van der Waals surface area contributed by atoms with Crippen molar-refractivity contribution in [3.63, 3.8) is 0 Å². The number of rotatable bonds is 5. The van der Waals surface area contributed by atoms with Gasteiger partial charge in [-0.15, -0.1) is 0 Å². The van der Waals surface area contributed by atoms with E-state index in [2.05, 4.69) is 29.5 Å². The summed E-state index contributed by atoms with van der Waals surface area (Å²) in [5, 5.41) is 5.95. The fourth-order valence-corrected chi connectivity index (χ4v) is 1.99. The van der Waals surface area contributed by atoms with Crippen molar-refractivity contribution in [2.75, 3.05) is 18.9 Å². The van der Waals surface area contributed by atoms with Crippen LogP contribution in [0.3, 0.4) is 0 Å². The van der Waals surface area contributed by atoms with Crippen molar-refractivity contribution in [1.82, 2.24) is 10.3 Å². The Morgan fingerprint density at radius 1 is 1.19 bits per heavy atom. The van der Waals surface area contributed by atoms with Crippen LogP contribution in [0.2, 0.25) is 0 Å². The lowest BCUT2D eigenvalue weighted by atomic mass is 10.0. The number of pyridine rings is 1. The molecule has 2 rings (SSSR count). The van der Waals surface area contributed by atoms with Crippen LogP contribution in [-0.2, 0) is 0 Å². The zero-order valence-corrected chi connectivity index (χ0v) is 12.7. The van der Waals surface area contributed by atoms with Gasteiger partial charge in [-0.2, -0.15) is 0 Å². The van der Waals surface area contributed by atoms with Gasteiger partial charge in [0.15, 0.2) is 0 Å². The lowest BCUT2D eigenvalue weighted by Gasteiger charge is -2.09. The van der Waals surface area contributed by atoms with Gasteiger partial charge in [0.2, 0.25) is 0 Å². The Labute approximate surface area is 125 Å². The second-order valence-electron chi connectivity index (χ2n) is 5.36. The first-order chi connectivity index (χ1) is 10.1. The lowest BCUT2D eigenvalue weighted by Crippen LogP contribution is -2.27. The number of hydrogen-bond acceptors (Lipinski definition) is 3. The fraction of sp³-hybridized carbons (Fsp3) is 0.294. The second-order valence-corrected chi connectivity index (χ2v) is 5.36. The number of hydrogen-bond donors (Lipinski definition) is 2. The van der Waals surface area contributed by atoms with Gasteiger partial charge in [0, 0.05) is 25.4 Å². The van der Waals surface area contributed by atoms with Gasteiger partial charge in [0.05, 0.1) is 0 Å². The van der Waals surface area contributed by atoms with Crippen molar-refractivity contribution in [2.45, 2.75) is 13.8 Å². The van der Waals surface area contributed by atoms with Crippen molar-refractivity contribution in [3.05, 3.63) is 48.2 Å². The zero-order chi connectivity index (χ0) is 15.2. The van der Waals surface area contributed by atoms with Crippen LogP contribution in [0.25, 0.3) is 11.1 Å². The van der Waals surface area contributed by atoms with Crippen LogP contribution in [0.4, 0.5) is 5.82 Å². The zero-order valence-electron chi connectivity index (χ0n) is 12.7. The van der Waals surface area contributed by atoms with Gasteiger partial charge >= 0.3 is 0 Å². The molecule has 0 fully saturated rings. The molecule has 1 amide bonds. The van der Waals surface area contributed by atoms with Crippen LogP contribution in [0.15, 0.2) is 42.6 Å². The maximum absolute atomic E-state index is 12.1. The van der Waals surface area contributed by atoms with E-state index >= 15 is 0 Å². The summed E-state index contributed by atoms with van der Waals surface area (Å²) in [6.07, 6.45) is 1.76. The van der Waals surface area contributed by atoms with E-state index in [0.29, 0.717) is 18.0 Å². The molecule has 0 saturated heterocycles. The first kappa shape index (κ1) is 15.0. The van der Waals surface area contributed by atoms with E-state index in [1.807, 2.05) is 43.4 Å². The number of anilines is 1. The van der Waals surface area contributed by atoms with Crippen LogP contribution in [-0.4, -0.2) is 24.5 Å². The first-order valence-corrected chi connectivity index (χ1v) is 7.12. The highest BCUT2D eigenvalue weighted by Crippen LogP contribution is 2.22. The first-order valence-electron chi connectivity index (χ1n) is 7.12. The summed E-state index contributed by atoms with van der Waals surface area (Å²) < 4.78 is 0. The maximum atomic E-state index is 12.1. The van der Waals surface area contributed by atoms with Gasteiger partial charge in [-0.05, 0) is 41.3 Å². The van der Waals surface area contributed by atoms with Crippen molar-refractivity contribution >= 4 is 11.7 Å². The van der Waals surface area contributed by atoms with E-state index in [1.54, 1.807) is 6.20 Å². The SMILES string of the molecule is CNc1cc(-c2cccc(C(=O)NCC(C)C)c2)ccn1. The number of benzene rings is 1. The second kappa shape index (κ2) is 6.88. The molecule has 1 aromatic heterocycles. The summed E-state index contributed by atoms with van der Waals surface area (Å²) in [6.45, 7) is 4.84. The molecule has 0 spiro atoms. The van der Waals surface area contributed by atoms with Crippen LogP contribution >= 0.6 is 0 Å². The molecule has 21 heavy (non-hydrogen) atoms. The minimum atomic E-state index is -0.0338. The van der Waals surface area contributed by atoms with E-state index in [4.69, 9.17) is 0 Å². The molecule has 0 atom stereocenters. The van der Waals surface area contributed by atoms with Gasteiger partial charge in [0.25, 0.3) is 5.91 Å². The maximum Gasteiger partial charge on any atom is 0.251 e. The number of carbonyl (C=O) groups excluding carboxylic acids is 1. The molecule has 0 saturated carbocycles. The third-order valence-corrected chi connectivity index (χ3v) is 3.15. The van der Waals surface area contributed by atoms with Crippen molar-refractivity contribution in [1.29, 1.82) is 0 Å². The number of amides is 1. The normalized spacial score (nSPS) is 10.5. The van der Waals surface area contributed by atoms with E-state index < -0.39 is 0 Å². The predicted octanol–water partition coefficient (Wildman–Crippen LogP) is 3.18. The molecular weight excluding hydrogens is 262 g/mol. The molecule has 4 nitrogen and oxygen atoms in total. The Morgan fingerprint density at radius 3 is 2.67 bits per heavy atom. The highest BCUT2D eigenvalue weighted by Gasteiger charge is 2.08. The summed E-state index contributed by atoms with van der Waals surface area (Å²) in [4.78, 5) is 16.3. The van der Waals surface area contributed by atoms with E-state index in [1.165, 1.54) is 0 Å². The molecule has 0 radical (unpaired) electrons. The van der Waals surface area contributed by atoms with Crippen molar-refractivity contribution in [3.8, 4) is 11.1 Å². The number of carbonyl (C=O) groups is 1. The molecular formula is C17H21N3O. The smallest absolute Gasteiger partial charge is 0.251 e. The molecule has 110 valence electrons. The lowest BCUT2D eigenvalue weighted by molar-refractivity contribution is 0.0949. The highest BCUT2D eigenvalue weighted by molar-refractivity contribution is 5.95. The Morgan fingerprint density at radius 2 is 1.95 bits per heavy atom. The number of nitrogens with one attached hydrogen (secondary N) is 2. The third-order valence-electron chi connectivity index (χ3n) is 3.15. The van der Waals surface area contributed by atoms with Gasteiger partial charge in [0.1, 0.15) is 5.82 Å². The largest absolute Gasteiger partial charge is 0.373 e. The molecule has 4 heteroatoms. The molecule has 1 aromatic carbocycles. The summed E-state index contributed by atoms with van der Waals surface area (Å²) in [7, 11) is 1.84. The molecule has 0 aliphatic rings. The van der Waals surface area contributed by atoms with Crippen LogP contribution < -0.4 is 10.6 Å². The average molecular weight is 283 g/mol. The van der Waals surface area contributed by atoms with Gasteiger partial charge < -0.3 is 10.6 Å². The van der Waals surface area contributed by atoms with E-state index in [-0.39, 0.29) is 5.91 Å². The topological polar surface area (TPSA) is 54.0 Å². The molecule has 2 aromatic rings. The predicted molar refractivity (Wildman–Crippen MR) is 86.4 cm³/mol. The van der Waals surface area contributed by atoms with Crippen LogP contribution in [0, 0.1) is 5.92 Å². The quantitative estimate of drug-likeness (QED) is 0.886. The van der Waals surface area contributed by atoms with E-state index in [9.17, 15) is 4.79 Å². The standard InChI is InChI=1S/C17H21N3O/c1-12(2)11-20-17(21)15-6-4-5-13(9-15)14-7-8-19-16(10-14)18-3/h4-10,12H,11H2,1-3H3,(H,18,19)(H,20,21). The van der Waals surface area contributed by atoms with E-state index in [0.717, 1.165) is 16.9 Å². The van der Waals surface area contributed by atoms with Crippen molar-refractivity contribution < 1.29 is 4.79 Å². The molecule has 1 heterocycles. The van der Waals surface area contributed by atoms with Crippen molar-refractivity contribution in [2.24, 2.45) is 5.92 Å². The van der Waals surface area contributed by atoms with Gasteiger partial charge in [-0.25, -0.2) is 4.98 Å². The van der Waals surface area contributed by atoms with Gasteiger partial charge in [-0.1, -0.05) is 26.0 Å². The summed E-state index contributed by atoms with van der Waals surface area (Å²) in [5.74, 6) is 1.21. The summed E-state index contributed by atoms with van der Waals surface area (Å²) >= 11 is 0. The molecule has 0 unspecified atom stereocenters. The summed E-state index contributed by atoms with van der Waals surface area (Å²) in [5.41, 5.74) is 2.72. The number of aromatic nitrogens is 1. The molecule has 2 N–H and O–H groups in total. The highest BCUT2D eigenvalue weighted by atomic mass is 16.1. The average Bonchev–Trinajstić information content (AvgIpc) is 2.52. The Balaban J connectivity index is 2.22. The molecule has 0 aliphatic carbocycles. The molecule has 0 bridgehead atoms. The van der Waals surface area contributed by atoms with Crippen LogP contribution in [0.5, 0.6) is 0 Å². The molecule has 0 aliphatic heterocycles. The minimum Gasteiger partial charge on any atom is -0.373 e. The Kier molecular flexibility index (Phi) is 4.93. The Hall–Kier alpha value is -2.36. The number of nitrogens with zero attached hydrogens (tertiary/aromatic N) is 1. The minimum absolute atomic E-state index is 0.0338. The van der Waals surface area contributed by atoms with Crippen LogP contribution in [0.1, 0.15) is 24.2 Å². The monoisotopic (exact) mass is 283 g/mol. The summed E-state index contributed by atoms with van der Waals surface area (Å²) in [6, 6.07) is 11.5. The third kappa shape index (κ3) is 4.05. The van der Waals surface area contributed by atoms with Gasteiger partial charge in [-0.3, -0.25) is 4.79 Å².